The van der Waals surface area contributed by atoms with Crippen molar-refractivity contribution < 1.29 is 44.6 Å². The highest BCUT2D eigenvalue weighted by Crippen LogP contribution is 2.73. The molecule has 2 saturated heterocycles. The van der Waals surface area contributed by atoms with E-state index in [0.717, 1.165) is 0 Å². The van der Waals surface area contributed by atoms with Crippen LogP contribution in [0.5, 0.6) is 0 Å². The number of ether oxygens (including phenoxy) is 2. The number of aliphatic hydroxyl groups excluding tert-OH is 4. The van der Waals surface area contributed by atoms with E-state index in [9.17, 15) is 35.1 Å². The van der Waals surface area contributed by atoms with Gasteiger partial charge in [-0.15, -0.1) is 0 Å². The number of ketones is 1. The van der Waals surface area contributed by atoms with E-state index in [4.69, 9.17) is 9.47 Å². The number of rotatable bonds is 0. The molecule has 0 aromatic rings. The van der Waals surface area contributed by atoms with E-state index >= 15 is 0 Å². The van der Waals surface area contributed by atoms with Crippen molar-refractivity contribution in [2.75, 3.05) is 6.61 Å². The Kier molecular flexibility index (Phi) is 3.56. The molecule has 5 aliphatic rings. The van der Waals surface area contributed by atoms with Gasteiger partial charge in [0.15, 0.2) is 5.78 Å². The highest BCUT2D eigenvalue weighted by Gasteiger charge is 2.87. The van der Waals surface area contributed by atoms with E-state index < -0.39 is 82.6 Å². The molecule has 29 heavy (non-hydrogen) atoms. The quantitative estimate of drug-likeness (QED) is 0.287. The van der Waals surface area contributed by atoms with Crippen LogP contribution < -0.4 is 0 Å². The number of carbonyl (C=O) groups is 2. The smallest absolute Gasteiger partial charge is 0.309 e. The van der Waals surface area contributed by atoms with Crippen LogP contribution in [-0.4, -0.2) is 85.6 Å². The molecular formula is C20H26O9. The van der Waals surface area contributed by atoms with Gasteiger partial charge in [0.2, 0.25) is 0 Å². The first-order valence-electron chi connectivity index (χ1n) is 9.88. The number of fused-ring (bicyclic) bond motifs is 2. The zero-order chi connectivity index (χ0) is 21.3. The summed E-state index contributed by atoms with van der Waals surface area (Å²) in [7, 11) is 0. The lowest BCUT2D eigenvalue weighted by atomic mass is 9.36. The fourth-order valence-electron chi connectivity index (χ4n) is 7.63. The number of carbonyl (C=O) groups excluding carboxylic acids is 2. The van der Waals surface area contributed by atoms with Crippen LogP contribution in [0.25, 0.3) is 0 Å². The van der Waals surface area contributed by atoms with Crippen molar-refractivity contribution in [1.29, 1.82) is 0 Å². The van der Waals surface area contributed by atoms with E-state index in [-0.39, 0.29) is 6.61 Å². The summed E-state index contributed by atoms with van der Waals surface area (Å²) in [6, 6.07) is 0. The first-order chi connectivity index (χ1) is 13.4. The van der Waals surface area contributed by atoms with Gasteiger partial charge in [0.05, 0.1) is 30.7 Å². The molecule has 2 aliphatic heterocycles. The van der Waals surface area contributed by atoms with Crippen LogP contribution >= 0.6 is 0 Å². The van der Waals surface area contributed by atoms with E-state index in [2.05, 4.69) is 0 Å². The Morgan fingerprint density at radius 3 is 2.41 bits per heavy atom. The monoisotopic (exact) mass is 410 g/mol. The van der Waals surface area contributed by atoms with Gasteiger partial charge < -0.3 is 35.0 Å². The van der Waals surface area contributed by atoms with Crippen LogP contribution in [0.2, 0.25) is 0 Å². The average molecular weight is 410 g/mol. The van der Waals surface area contributed by atoms with Crippen molar-refractivity contribution in [1.82, 2.24) is 0 Å². The second-order valence-corrected chi connectivity index (χ2v) is 9.82. The highest BCUT2D eigenvalue weighted by atomic mass is 16.6. The summed E-state index contributed by atoms with van der Waals surface area (Å²) in [5, 5.41) is 56.4. The molecule has 2 heterocycles. The largest absolute Gasteiger partial charge is 0.459 e. The van der Waals surface area contributed by atoms with Gasteiger partial charge in [-0.3, -0.25) is 9.59 Å². The highest BCUT2D eigenvalue weighted by molar-refractivity contribution is 5.96. The zero-order valence-corrected chi connectivity index (χ0v) is 16.4. The van der Waals surface area contributed by atoms with Gasteiger partial charge in [0.25, 0.3) is 0 Å². The summed E-state index contributed by atoms with van der Waals surface area (Å²) in [4.78, 5) is 25.0. The van der Waals surface area contributed by atoms with Crippen molar-refractivity contribution in [2.45, 2.75) is 68.9 Å². The zero-order valence-electron chi connectivity index (χ0n) is 16.4. The van der Waals surface area contributed by atoms with Gasteiger partial charge in [-0.1, -0.05) is 12.5 Å². The molecule has 9 nitrogen and oxygen atoms in total. The molecule has 2 saturated carbocycles. The predicted octanol–water partition coefficient (Wildman–Crippen LogP) is -1.95. The fourth-order valence-corrected chi connectivity index (χ4v) is 7.63. The summed E-state index contributed by atoms with van der Waals surface area (Å²) in [5.41, 5.74) is -6.10. The number of hydrogen-bond acceptors (Lipinski definition) is 9. The maximum Gasteiger partial charge on any atom is 0.309 e. The Labute approximate surface area is 166 Å². The van der Waals surface area contributed by atoms with Gasteiger partial charge in [-0.25, -0.2) is 0 Å². The molecule has 9 heteroatoms. The minimum atomic E-state index is -1.96. The molecule has 5 N–H and O–H groups in total. The molecule has 2 bridgehead atoms. The van der Waals surface area contributed by atoms with Crippen LogP contribution in [0.1, 0.15) is 27.2 Å². The molecule has 0 aromatic carbocycles. The predicted molar refractivity (Wildman–Crippen MR) is 94.1 cm³/mol. The Hall–Kier alpha value is -1.36. The maximum atomic E-state index is 12.5. The van der Waals surface area contributed by atoms with Crippen LogP contribution in [0, 0.1) is 22.7 Å². The second-order valence-electron chi connectivity index (χ2n) is 9.82. The molecule has 1 spiro atoms. The molecule has 0 unspecified atom stereocenters. The van der Waals surface area contributed by atoms with Gasteiger partial charge in [-0.05, 0) is 19.9 Å². The van der Waals surface area contributed by atoms with Crippen LogP contribution in [0.3, 0.4) is 0 Å². The van der Waals surface area contributed by atoms with Gasteiger partial charge in [0, 0.05) is 17.3 Å². The molecule has 11 atom stereocenters. The maximum absolute atomic E-state index is 12.5. The topological polar surface area (TPSA) is 154 Å². The van der Waals surface area contributed by atoms with E-state index in [1.807, 2.05) is 0 Å². The normalized spacial score (nSPS) is 60.8. The Morgan fingerprint density at radius 2 is 1.76 bits per heavy atom. The number of aliphatic hydroxyl groups is 5. The Balaban J connectivity index is 1.84. The van der Waals surface area contributed by atoms with Crippen LogP contribution in [0.15, 0.2) is 11.6 Å². The average Bonchev–Trinajstić information content (AvgIpc) is 2.81. The summed E-state index contributed by atoms with van der Waals surface area (Å²) in [6.07, 6.45) is -6.48. The molecule has 4 fully saturated rings. The number of hydrogen-bond donors (Lipinski definition) is 5. The fraction of sp³-hybridized carbons (Fsp3) is 0.800. The minimum absolute atomic E-state index is 0.209. The van der Waals surface area contributed by atoms with E-state index in [0.29, 0.717) is 5.57 Å². The molecule has 0 aromatic heterocycles. The van der Waals surface area contributed by atoms with Crippen LogP contribution in [0.4, 0.5) is 0 Å². The summed E-state index contributed by atoms with van der Waals surface area (Å²) in [5.74, 6) is -3.24. The SMILES string of the molecule is CC1=CC(=O)[C@@H](O)[C@@]2(C)[C@H]1[C@@H](O)[C@H]1OC(=O)C[C@]3(O)[C@]14CO[C@@]3(C)[C@@H](O)[C@H](O)[C@H]24. The first kappa shape index (κ1) is 19.6. The van der Waals surface area contributed by atoms with Crippen molar-refractivity contribution in [2.24, 2.45) is 22.7 Å². The standard InChI is InChI=1S/C20H26O9/c1-7-4-8(21)14(25)17(2)10(7)11(23)16-19-6-28-18(3,15(26)12(24)13(17)19)20(19,27)5-9(22)29-16/h4,10-16,23-27H,5-6H2,1-3H3/t10-,11-,12-,13-,14-,15+,16-,17+,18+,19+,20-/m1/s1. The van der Waals surface area contributed by atoms with Gasteiger partial charge >= 0.3 is 5.97 Å². The third kappa shape index (κ3) is 1.73. The van der Waals surface area contributed by atoms with Crippen molar-refractivity contribution in [3.63, 3.8) is 0 Å². The van der Waals surface area contributed by atoms with Crippen molar-refractivity contribution in [3.05, 3.63) is 11.6 Å². The Morgan fingerprint density at radius 1 is 1.10 bits per heavy atom. The third-order valence-corrected chi connectivity index (χ3v) is 8.86. The first-order valence-corrected chi connectivity index (χ1v) is 9.88. The summed E-state index contributed by atoms with van der Waals surface area (Å²) >= 11 is 0. The van der Waals surface area contributed by atoms with E-state index in [1.54, 1.807) is 13.8 Å². The lowest BCUT2D eigenvalue weighted by molar-refractivity contribution is -0.346. The molecule has 0 radical (unpaired) electrons. The minimum Gasteiger partial charge on any atom is -0.459 e. The third-order valence-electron chi connectivity index (χ3n) is 8.86. The molecular weight excluding hydrogens is 384 g/mol. The lowest BCUT2D eigenvalue weighted by Crippen LogP contribution is -2.85. The number of esters is 1. The molecule has 5 rings (SSSR count). The van der Waals surface area contributed by atoms with Crippen molar-refractivity contribution in [3.8, 4) is 0 Å². The van der Waals surface area contributed by atoms with E-state index in [1.165, 1.54) is 13.0 Å². The second kappa shape index (κ2) is 5.27. The van der Waals surface area contributed by atoms with Gasteiger partial charge in [0.1, 0.15) is 29.5 Å². The summed E-state index contributed by atoms with van der Waals surface area (Å²) < 4.78 is 11.4. The molecule has 0 amide bonds. The molecule has 3 aliphatic carbocycles. The molecule has 160 valence electrons. The lowest BCUT2D eigenvalue weighted by Gasteiger charge is -2.70. The summed E-state index contributed by atoms with van der Waals surface area (Å²) in [6.45, 7) is 4.42. The van der Waals surface area contributed by atoms with Crippen LogP contribution in [-0.2, 0) is 19.1 Å². The Bertz CT molecular complexity index is 855. The van der Waals surface area contributed by atoms with Crippen molar-refractivity contribution >= 4 is 11.8 Å². The van der Waals surface area contributed by atoms with Gasteiger partial charge in [-0.2, -0.15) is 0 Å².